The number of nitrogens with zero attached hydrogens (tertiary/aromatic N) is 1. The first kappa shape index (κ1) is 20.2. The van der Waals surface area contributed by atoms with Gasteiger partial charge in [0.25, 0.3) is 0 Å². The molecule has 0 spiro atoms. The Morgan fingerprint density at radius 2 is 1.71 bits per heavy atom. The van der Waals surface area contributed by atoms with Crippen LogP contribution in [0.2, 0.25) is 0 Å². The van der Waals surface area contributed by atoms with E-state index in [0.29, 0.717) is 6.04 Å². The maximum Gasteiger partial charge on any atom is 0.169 e. The normalized spacial score (nSPS) is 21.2. The summed E-state index contributed by atoms with van der Waals surface area (Å²) in [6, 6.07) is 14.8. The number of benzene rings is 2. The lowest BCUT2D eigenvalue weighted by Crippen LogP contribution is -2.33. The van der Waals surface area contributed by atoms with Crippen LogP contribution in [0.1, 0.15) is 54.4 Å². The van der Waals surface area contributed by atoms with E-state index in [1.165, 1.54) is 0 Å². The Hall–Kier alpha value is -2.76. The molecule has 0 bridgehead atoms. The molecule has 2 aromatic carbocycles. The minimum atomic E-state index is 0.0354. The van der Waals surface area contributed by atoms with Crippen LogP contribution in [0.15, 0.2) is 48.7 Å². The first-order chi connectivity index (χ1) is 15.1. The van der Waals surface area contributed by atoms with E-state index in [0.717, 1.165) is 77.4 Å². The van der Waals surface area contributed by atoms with Crippen molar-refractivity contribution in [2.24, 2.45) is 11.7 Å². The first-order valence-corrected chi connectivity index (χ1v) is 11.3. The summed E-state index contributed by atoms with van der Waals surface area (Å²) in [5.74, 6) is 0.357. The number of anilines is 1. The zero-order valence-corrected chi connectivity index (χ0v) is 17.7. The molecule has 1 aromatic heterocycles. The molecule has 5 rings (SSSR count). The Labute approximate surface area is 182 Å². The van der Waals surface area contributed by atoms with E-state index in [2.05, 4.69) is 22.4 Å². The third kappa shape index (κ3) is 4.21. The monoisotopic (exact) mass is 415 g/mol. The van der Waals surface area contributed by atoms with Crippen molar-refractivity contribution in [3.8, 4) is 11.1 Å². The molecule has 2 fully saturated rings. The summed E-state index contributed by atoms with van der Waals surface area (Å²) in [6.45, 7) is 0.0354. The highest BCUT2D eigenvalue weighted by Gasteiger charge is 2.33. The average Bonchev–Trinajstić information content (AvgIpc) is 3.66. The van der Waals surface area contributed by atoms with Crippen LogP contribution < -0.4 is 11.1 Å². The number of ketones is 1. The van der Waals surface area contributed by atoms with Crippen LogP contribution >= 0.6 is 0 Å². The first-order valence-electron chi connectivity index (χ1n) is 11.3. The fourth-order valence-corrected chi connectivity index (χ4v) is 4.55. The second-order valence-electron chi connectivity index (χ2n) is 9.03. The molecular weight excluding hydrogens is 386 g/mol. The quantitative estimate of drug-likeness (QED) is 0.509. The third-order valence-corrected chi connectivity index (χ3v) is 6.67. The SMILES string of the molecule is NC1CCC(Nc2c(C(=O)C3CC3)cnc3ccc(-c4ccc(CO)cc4)cc23)CC1. The molecule has 0 atom stereocenters. The van der Waals surface area contributed by atoms with Crippen LogP contribution in [0.3, 0.4) is 0 Å². The molecule has 0 aliphatic heterocycles. The number of aliphatic hydroxyl groups is 1. The van der Waals surface area contributed by atoms with Gasteiger partial charge in [0.2, 0.25) is 0 Å². The molecule has 4 N–H and O–H groups in total. The molecule has 2 saturated carbocycles. The molecule has 0 unspecified atom stereocenters. The zero-order valence-electron chi connectivity index (χ0n) is 17.7. The minimum absolute atomic E-state index is 0.0354. The Bertz CT molecular complexity index is 1100. The van der Waals surface area contributed by atoms with Crippen molar-refractivity contribution in [2.75, 3.05) is 5.32 Å². The van der Waals surface area contributed by atoms with Crippen LogP contribution in [0.5, 0.6) is 0 Å². The lowest BCUT2D eigenvalue weighted by molar-refractivity contribution is 0.0968. The van der Waals surface area contributed by atoms with E-state index in [1.807, 2.05) is 30.3 Å². The summed E-state index contributed by atoms with van der Waals surface area (Å²) < 4.78 is 0. The number of carbonyl (C=O) groups excluding carboxylic acids is 1. The van der Waals surface area contributed by atoms with Crippen LogP contribution in [-0.2, 0) is 6.61 Å². The van der Waals surface area contributed by atoms with Gasteiger partial charge in [-0.15, -0.1) is 0 Å². The van der Waals surface area contributed by atoms with E-state index >= 15 is 0 Å². The predicted molar refractivity (Wildman–Crippen MR) is 124 cm³/mol. The van der Waals surface area contributed by atoms with Crippen molar-refractivity contribution in [2.45, 2.75) is 57.2 Å². The fraction of sp³-hybridized carbons (Fsp3) is 0.385. The zero-order chi connectivity index (χ0) is 21.4. The Balaban J connectivity index is 1.57. The molecule has 5 nitrogen and oxygen atoms in total. The van der Waals surface area contributed by atoms with Gasteiger partial charge in [0.05, 0.1) is 23.4 Å². The standard InChI is InChI=1S/C26H29N3O2/c27-20-8-10-21(11-9-20)29-25-22-13-19(17-3-1-16(15-30)2-4-17)7-12-24(22)28-14-23(25)26(31)18-5-6-18/h1-4,7,12-14,18,20-21,30H,5-6,8-11,15,27H2,(H,28,29). The Morgan fingerprint density at radius 1 is 1.00 bits per heavy atom. The fourth-order valence-electron chi connectivity index (χ4n) is 4.55. The number of hydrogen-bond donors (Lipinski definition) is 3. The number of nitrogens with one attached hydrogen (secondary N) is 1. The van der Waals surface area contributed by atoms with E-state index in [-0.39, 0.29) is 24.3 Å². The second-order valence-corrected chi connectivity index (χ2v) is 9.03. The van der Waals surface area contributed by atoms with Gasteiger partial charge >= 0.3 is 0 Å². The van der Waals surface area contributed by atoms with Gasteiger partial charge < -0.3 is 16.2 Å². The highest BCUT2D eigenvalue weighted by molar-refractivity contribution is 6.10. The van der Waals surface area contributed by atoms with Gasteiger partial charge in [-0.25, -0.2) is 0 Å². The summed E-state index contributed by atoms with van der Waals surface area (Å²) in [7, 11) is 0. The van der Waals surface area contributed by atoms with Gasteiger partial charge in [-0.3, -0.25) is 9.78 Å². The molecule has 3 aromatic rings. The molecule has 160 valence electrons. The van der Waals surface area contributed by atoms with E-state index in [4.69, 9.17) is 5.73 Å². The van der Waals surface area contributed by atoms with Crippen molar-refractivity contribution in [1.82, 2.24) is 4.98 Å². The number of pyridine rings is 1. The molecule has 5 heteroatoms. The molecule has 2 aliphatic rings. The number of aromatic nitrogens is 1. The van der Waals surface area contributed by atoms with Gasteiger partial charge in [0, 0.05) is 29.6 Å². The maximum absolute atomic E-state index is 13.1. The number of carbonyl (C=O) groups is 1. The Morgan fingerprint density at radius 3 is 2.39 bits per heavy atom. The van der Waals surface area contributed by atoms with Gasteiger partial charge in [-0.2, -0.15) is 0 Å². The summed E-state index contributed by atoms with van der Waals surface area (Å²) in [5, 5.41) is 14.0. The highest BCUT2D eigenvalue weighted by Crippen LogP contribution is 2.38. The number of hydrogen-bond acceptors (Lipinski definition) is 5. The van der Waals surface area contributed by atoms with Gasteiger partial charge in [-0.05, 0) is 67.3 Å². The topological polar surface area (TPSA) is 88.2 Å². The Kier molecular flexibility index (Phi) is 5.47. The van der Waals surface area contributed by atoms with Crippen LogP contribution in [0.4, 0.5) is 5.69 Å². The molecule has 1 heterocycles. The van der Waals surface area contributed by atoms with Crippen LogP contribution in [-0.4, -0.2) is 28.0 Å². The van der Waals surface area contributed by atoms with Crippen LogP contribution in [0.25, 0.3) is 22.0 Å². The van der Waals surface area contributed by atoms with Crippen molar-refractivity contribution >= 4 is 22.4 Å². The summed E-state index contributed by atoms with van der Waals surface area (Å²) in [6.07, 6.45) is 7.77. The van der Waals surface area contributed by atoms with Crippen molar-refractivity contribution < 1.29 is 9.90 Å². The molecular formula is C26H29N3O2. The number of Topliss-reactive ketones (excluding diaryl/α,β-unsaturated/α-hetero) is 1. The van der Waals surface area contributed by atoms with Crippen LogP contribution in [0, 0.1) is 5.92 Å². The lowest BCUT2D eigenvalue weighted by atomic mass is 9.91. The number of nitrogens with two attached hydrogens (primary N) is 1. The summed E-state index contributed by atoms with van der Waals surface area (Å²) in [5.41, 5.74) is 11.7. The van der Waals surface area contributed by atoms with Gasteiger partial charge in [0.15, 0.2) is 5.78 Å². The van der Waals surface area contributed by atoms with Gasteiger partial charge in [-0.1, -0.05) is 30.3 Å². The second kappa shape index (κ2) is 8.40. The highest BCUT2D eigenvalue weighted by atomic mass is 16.3. The maximum atomic E-state index is 13.1. The smallest absolute Gasteiger partial charge is 0.169 e. The van der Waals surface area contributed by atoms with Crippen molar-refractivity contribution in [3.05, 3.63) is 59.8 Å². The molecule has 0 saturated heterocycles. The van der Waals surface area contributed by atoms with Crippen molar-refractivity contribution in [3.63, 3.8) is 0 Å². The molecule has 31 heavy (non-hydrogen) atoms. The number of aliphatic hydroxyl groups excluding tert-OH is 1. The van der Waals surface area contributed by atoms with E-state index in [9.17, 15) is 9.90 Å². The average molecular weight is 416 g/mol. The number of rotatable bonds is 6. The number of fused-ring (bicyclic) bond motifs is 1. The molecule has 0 amide bonds. The summed E-state index contributed by atoms with van der Waals surface area (Å²) >= 11 is 0. The molecule has 2 aliphatic carbocycles. The third-order valence-electron chi connectivity index (χ3n) is 6.67. The molecule has 0 radical (unpaired) electrons. The van der Waals surface area contributed by atoms with Crippen molar-refractivity contribution in [1.29, 1.82) is 0 Å². The largest absolute Gasteiger partial charge is 0.392 e. The van der Waals surface area contributed by atoms with Gasteiger partial charge in [0.1, 0.15) is 0 Å². The lowest BCUT2D eigenvalue weighted by Gasteiger charge is -2.29. The summed E-state index contributed by atoms with van der Waals surface area (Å²) in [4.78, 5) is 17.7. The predicted octanol–water partition coefficient (Wildman–Crippen LogP) is 4.67. The van der Waals surface area contributed by atoms with E-state index < -0.39 is 0 Å². The van der Waals surface area contributed by atoms with E-state index in [1.54, 1.807) is 6.20 Å². The minimum Gasteiger partial charge on any atom is -0.392 e.